The van der Waals surface area contributed by atoms with Crippen molar-refractivity contribution in [3.8, 4) is 11.5 Å². The second-order valence-corrected chi connectivity index (χ2v) is 6.10. The third-order valence-corrected chi connectivity index (χ3v) is 4.43. The Hall–Kier alpha value is -2.28. The molecule has 0 bridgehead atoms. The van der Waals surface area contributed by atoms with Crippen molar-refractivity contribution in [3.63, 3.8) is 0 Å². The van der Waals surface area contributed by atoms with Crippen LogP contribution in [-0.4, -0.2) is 24.9 Å². The van der Waals surface area contributed by atoms with Gasteiger partial charge in [-0.25, -0.2) is 4.98 Å². The highest BCUT2D eigenvalue weighted by Gasteiger charge is 2.36. The summed E-state index contributed by atoms with van der Waals surface area (Å²) in [6, 6.07) is 1.94. The van der Waals surface area contributed by atoms with Gasteiger partial charge >= 0.3 is 0 Å². The fraction of sp³-hybridized carbons (Fsp3) is 0.467. The lowest BCUT2D eigenvalue weighted by atomic mass is 9.98. The van der Waals surface area contributed by atoms with Crippen LogP contribution >= 0.6 is 0 Å². The van der Waals surface area contributed by atoms with E-state index in [1.807, 2.05) is 20.0 Å². The summed E-state index contributed by atoms with van der Waals surface area (Å²) in [5.41, 5.74) is 8.50. The zero-order chi connectivity index (χ0) is 15.3. The van der Waals surface area contributed by atoms with Gasteiger partial charge in [-0.2, -0.15) is 10.1 Å². The van der Waals surface area contributed by atoms with Crippen LogP contribution in [0.3, 0.4) is 0 Å². The van der Waals surface area contributed by atoms with E-state index in [1.54, 1.807) is 10.9 Å². The average molecular weight is 298 g/mol. The van der Waals surface area contributed by atoms with Gasteiger partial charge in [0.1, 0.15) is 0 Å². The van der Waals surface area contributed by atoms with Gasteiger partial charge in [0.25, 0.3) is 5.89 Å². The molecule has 0 atom stereocenters. The topological polar surface area (TPSA) is 95.6 Å². The zero-order valence-electron chi connectivity index (χ0n) is 12.7. The minimum Gasteiger partial charge on any atom is -0.334 e. The highest BCUT2D eigenvalue weighted by Crippen LogP contribution is 2.36. The molecule has 7 heteroatoms. The Kier molecular flexibility index (Phi) is 2.80. The second-order valence-electron chi connectivity index (χ2n) is 6.10. The van der Waals surface area contributed by atoms with E-state index in [4.69, 9.17) is 10.3 Å². The summed E-state index contributed by atoms with van der Waals surface area (Å²) in [7, 11) is 1.87. The van der Waals surface area contributed by atoms with Crippen molar-refractivity contribution >= 4 is 11.0 Å². The Balaban J connectivity index is 1.84. The maximum Gasteiger partial charge on any atom is 0.258 e. The van der Waals surface area contributed by atoms with Crippen molar-refractivity contribution in [2.24, 2.45) is 12.8 Å². The van der Waals surface area contributed by atoms with Crippen LogP contribution in [0.5, 0.6) is 0 Å². The SMILES string of the molecule is Cc1cc(-c2nc(C3(N)CCCC3)no2)c2cnn(C)c2n1. The summed E-state index contributed by atoms with van der Waals surface area (Å²) in [6.45, 7) is 1.94. The van der Waals surface area contributed by atoms with E-state index in [9.17, 15) is 0 Å². The molecular formula is C15H18N6O. The van der Waals surface area contributed by atoms with Gasteiger partial charge in [0.2, 0.25) is 0 Å². The molecule has 1 aliphatic carbocycles. The van der Waals surface area contributed by atoms with Crippen molar-refractivity contribution in [2.75, 3.05) is 0 Å². The molecule has 114 valence electrons. The maximum atomic E-state index is 6.40. The molecule has 3 aromatic heterocycles. The lowest BCUT2D eigenvalue weighted by Crippen LogP contribution is -2.34. The van der Waals surface area contributed by atoms with Gasteiger partial charge in [-0.15, -0.1) is 0 Å². The quantitative estimate of drug-likeness (QED) is 0.778. The number of nitrogens with two attached hydrogens (primary N) is 1. The smallest absolute Gasteiger partial charge is 0.258 e. The van der Waals surface area contributed by atoms with Crippen LogP contribution in [0, 0.1) is 6.92 Å². The maximum absolute atomic E-state index is 6.40. The van der Waals surface area contributed by atoms with Crippen LogP contribution in [0.15, 0.2) is 16.8 Å². The molecule has 1 aliphatic rings. The van der Waals surface area contributed by atoms with Gasteiger partial charge in [-0.3, -0.25) is 4.68 Å². The molecule has 3 aromatic rings. The first-order valence-corrected chi connectivity index (χ1v) is 7.50. The molecule has 4 rings (SSSR count). The van der Waals surface area contributed by atoms with Crippen LogP contribution in [-0.2, 0) is 12.6 Å². The van der Waals surface area contributed by atoms with Gasteiger partial charge in [0.15, 0.2) is 11.5 Å². The van der Waals surface area contributed by atoms with Crippen LogP contribution in [0.1, 0.15) is 37.2 Å². The molecule has 0 aliphatic heterocycles. The molecule has 22 heavy (non-hydrogen) atoms. The van der Waals surface area contributed by atoms with Crippen molar-refractivity contribution in [2.45, 2.75) is 38.1 Å². The van der Waals surface area contributed by atoms with Crippen molar-refractivity contribution in [1.29, 1.82) is 0 Å². The van der Waals surface area contributed by atoms with Crippen LogP contribution in [0.25, 0.3) is 22.5 Å². The number of nitrogens with zero attached hydrogens (tertiary/aromatic N) is 5. The minimum absolute atomic E-state index is 0.447. The first kappa shape index (κ1) is 13.4. The summed E-state index contributed by atoms with van der Waals surface area (Å²) in [5.74, 6) is 1.08. The van der Waals surface area contributed by atoms with Crippen LogP contribution in [0.2, 0.25) is 0 Å². The molecule has 1 saturated carbocycles. The van der Waals surface area contributed by atoms with E-state index in [2.05, 4.69) is 20.2 Å². The molecule has 0 aromatic carbocycles. The molecule has 0 unspecified atom stereocenters. The summed E-state index contributed by atoms with van der Waals surface area (Å²) < 4.78 is 7.24. The Labute approximate surface area is 127 Å². The molecular weight excluding hydrogens is 280 g/mol. The molecule has 7 nitrogen and oxygen atoms in total. The van der Waals surface area contributed by atoms with Gasteiger partial charge in [-0.05, 0) is 25.8 Å². The van der Waals surface area contributed by atoms with Gasteiger partial charge < -0.3 is 10.3 Å². The largest absolute Gasteiger partial charge is 0.334 e. The van der Waals surface area contributed by atoms with E-state index >= 15 is 0 Å². The number of pyridine rings is 1. The summed E-state index contributed by atoms with van der Waals surface area (Å²) >= 11 is 0. The third kappa shape index (κ3) is 1.93. The molecule has 0 amide bonds. The molecule has 0 radical (unpaired) electrons. The number of fused-ring (bicyclic) bond motifs is 1. The summed E-state index contributed by atoms with van der Waals surface area (Å²) in [4.78, 5) is 9.07. The molecule has 1 fully saturated rings. The molecule has 3 heterocycles. The standard InChI is InChI=1S/C15H18N6O/c1-9-7-10(11-8-17-21(2)12(11)18-9)13-19-14(20-22-13)15(16)5-3-4-6-15/h7-8H,3-6,16H2,1-2H3. The fourth-order valence-electron chi connectivity index (χ4n) is 3.18. The predicted molar refractivity (Wildman–Crippen MR) is 80.9 cm³/mol. The van der Waals surface area contributed by atoms with Crippen molar-refractivity contribution < 1.29 is 4.52 Å². The normalized spacial score (nSPS) is 17.4. The van der Waals surface area contributed by atoms with Crippen molar-refractivity contribution in [1.82, 2.24) is 24.9 Å². The first-order valence-electron chi connectivity index (χ1n) is 7.50. The number of hydrogen-bond donors (Lipinski definition) is 1. The van der Waals surface area contributed by atoms with E-state index in [1.165, 1.54) is 0 Å². The van der Waals surface area contributed by atoms with Crippen molar-refractivity contribution in [3.05, 3.63) is 23.8 Å². The van der Waals surface area contributed by atoms with E-state index in [0.29, 0.717) is 11.7 Å². The van der Waals surface area contributed by atoms with E-state index < -0.39 is 5.54 Å². The lowest BCUT2D eigenvalue weighted by Gasteiger charge is -2.17. The number of rotatable bonds is 2. The van der Waals surface area contributed by atoms with E-state index in [0.717, 1.165) is 48.0 Å². The van der Waals surface area contributed by atoms with Gasteiger partial charge in [0, 0.05) is 12.7 Å². The molecule has 2 N–H and O–H groups in total. The van der Waals surface area contributed by atoms with E-state index in [-0.39, 0.29) is 0 Å². The average Bonchev–Trinajstić information content (AvgIpc) is 3.20. The monoisotopic (exact) mass is 298 g/mol. The van der Waals surface area contributed by atoms with Crippen LogP contribution in [0.4, 0.5) is 0 Å². The number of aryl methyl sites for hydroxylation is 2. The Morgan fingerprint density at radius 3 is 2.82 bits per heavy atom. The summed E-state index contributed by atoms with van der Waals surface area (Å²) in [6.07, 6.45) is 5.81. The number of aromatic nitrogens is 5. The molecule has 0 saturated heterocycles. The summed E-state index contributed by atoms with van der Waals surface area (Å²) in [5, 5.41) is 9.29. The second kappa shape index (κ2) is 4.61. The fourth-order valence-corrected chi connectivity index (χ4v) is 3.18. The Morgan fingerprint density at radius 2 is 2.05 bits per heavy atom. The first-order chi connectivity index (χ1) is 10.6. The van der Waals surface area contributed by atoms with Gasteiger partial charge in [-0.1, -0.05) is 18.0 Å². The lowest BCUT2D eigenvalue weighted by molar-refractivity contribution is 0.373. The molecule has 0 spiro atoms. The van der Waals surface area contributed by atoms with Crippen LogP contribution < -0.4 is 5.73 Å². The third-order valence-electron chi connectivity index (χ3n) is 4.43. The van der Waals surface area contributed by atoms with Gasteiger partial charge in [0.05, 0.1) is 22.7 Å². The Bertz CT molecular complexity index is 843. The highest BCUT2D eigenvalue weighted by molar-refractivity contribution is 5.90. The highest BCUT2D eigenvalue weighted by atomic mass is 16.5. The minimum atomic E-state index is -0.447. The predicted octanol–water partition coefficient (Wildman–Crippen LogP) is 2.05. The number of hydrogen-bond acceptors (Lipinski definition) is 6. The zero-order valence-corrected chi connectivity index (χ0v) is 12.7. The Morgan fingerprint density at radius 1 is 1.27 bits per heavy atom.